The fraction of sp³-hybridized carbons (Fsp3) is 0.167. The number of phenols is 1. The van der Waals surface area contributed by atoms with E-state index in [1.165, 1.54) is 37.4 Å². The Morgan fingerprint density at radius 2 is 2.00 bits per heavy atom. The van der Waals surface area contributed by atoms with Gasteiger partial charge in [-0.2, -0.15) is 0 Å². The van der Waals surface area contributed by atoms with E-state index in [9.17, 15) is 18.3 Å². The first kappa shape index (κ1) is 18.4. The van der Waals surface area contributed by atoms with Crippen LogP contribution in [-0.2, 0) is 14.8 Å². The molecule has 0 saturated heterocycles. The fourth-order valence-electron chi connectivity index (χ4n) is 2.25. The van der Waals surface area contributed by atoms with Crippen LogP contribution < -0.4 is 4.31 Å². The number of carbonyl (C=O) groups excluding carboxylic acids is 1. The van der Waals surface area contributed by atoms with Gasteiger partial charge in [0, 0.05) is 0 Å². The predicted molar refractivity (Wildman–Crippen MR) is 94.0 cm³/mol. The molecular weight excluding hydrogens is 342 g/mol. The Bertz CT molecular complexity index is 944. The summed E-state index contributed by atoms with van der Waals surface area (Å²) < 4.78 is 31.5. The average molecular weight is 359 g/mol. The van der Waals surface area contributed by atoms with E-state index in [1.807, 2.05) is 0 Å². The summed E-state index contributed by atoms with van der Waals surface area (Å²) >= 11 is 0. The Morgan fingerprint density at radius 3 is 2.60 bits per heavy atom. The minimum absolute atomic E-state index is 0.0330. The van der Waals surface area contributed by atoms with Crippen LogP contribution in [0.25, 0.3) is 0 Å². The molecule has 0 heterocycles. The number of methoxy groups -OCH3 is 1. The molecular formula is C18H17NO5S. The normalized spacial score (nSPS) is 10.8. The number of hydrogen-bond acceptors (Lipinski definition) is 5. The van der Waals surface area contributed by atoms with E-state index in [2.05, 4.69) is 10.7 Å². The molecule has 0 atom stereocenters. The van der Waals surface area contributed by atoms with Crippen LogP contribution >= 0.6 is 0 Å². The van der Waals surface area contributed by atoms with Crippen molar-refractivity contribution in [2.24, 2.45) is 0 Å². The minimum Gasteiger partial charge on any atom is -0.506 e. The highest BCUT2D eigenvalue weighted by atomic mass is 32.2. The molecule has 0 spiro atoms. The van der Waals surface area contributed by atoms with Gasteiger partial charge in [-0.25, -0.2) is 13.2 Å². The van der Waals surface area contributed by atoms with Crippen molar-refractivity contribution in [2.45, 2.75) is 11.8 Å². The zero-order valence-electron chi connectivity index (χ0n) is 13.8. The highest BCUT2D eigenvalue weighted by Gasteiger charge is 2.27. The third kappa shape index (κ3) is 3.75. The van der Waals surface area contributed by atoms with Crippen molar-refractivity contribution in [3.05, 3.63) is 53.6 Å². The molecule has 2 aromatic carbocycles. The van der Waals surface area contributed by atoms with Crippen LogP contribution in [0, 0.1) is 19.3 Å². The van der Waals surface area contributed by atoms with Gasteiger partial charge in [0.2, 0.25) is 0 Å². The molecule has 0 amide bonds. The summed E-state index contributed by atoms with van der Waals surface area (Å²) in [6.07, 6.45) is 5.32. The summed E-state index contributed by atoms with van der Waals surface area (Å²) in [6, 6.07) is 10.1. The second-order valence-corrected chi connectivity index (χ2v) is 7.09. The molecule has 0 bridgehead atoms. The Hall–Kier alpha value is -2.98. The maximum absolute atomic E-state index is 13.0. The molecule has 130 valence electrons. The summed E-state index contributed by atoms with van der Waals surface area (Å²) in [5, 5.41) is 10.1. The number of hydrogen-bond donors (Lipinski definition) is 1. The van der Waals surface area contributed by atoms with E-state index in [0.717, 1.165) is 9.87 Å². The van der Waals surface area contributed by atoms with Gasteiger partial charge in [-0.1, -0.05) is 18.1 Å². The van der Waals surface area contributed by atoms with E-state index in [-0.39, 0.29) is 28.4 Å². The van der Waals surface area contributed by atoms with Crippen LogP contribution in [0.5, 0.6) is 5.75 Å². The van der Waals surface area contributed by atoms with E-state index >= 15 is 0 Å². The molecule has 0 radical (unpaired) electrons. The largest absolute Gasteiger partial charge is 0.506 e. The van der Waals surface area contributed by atoms with Gasteiger partial charge in [0.15, 0.2) is 0 Å². The SMILES string of the molecule is C#CCN(c1cc(C(=O)OC)ccc1O)S(=O)(=O)c1cccc(C)c1. The molecule has 6 nitrogen and oxygen atoms in total. The van der Waals surface area contributed by atoms with Crippen molar-refractivity contribution in [1.82, 2.24) is 0 Å². The molecule has 0 aliphatic heterocycles. The lowest BCUT2D eigenvalue weighted by Gasteiger charge is -2.23. The summed E-state index contributed by atoms with van der Waals surface area (Å²) in [5.41, 5.74) is 0.758. The lowest BCUT2D eigenvalue weighted by molar-refractivity contribution is 0.0600. The standard InChI is InChI=1S/C18H17NO5S/c1-4-10-19(25(22,23)15-7-5-6-13(2)11-15)16-12-14(18(21)24-3)8-9-17(16)20/h1,5-9,11-12,20H,10H2,2-3H3. The molecule has 1 N–H and O–H groups in total. The van der Waals surface area contributed by atoms with Crippen molar-refractivity contribution in [2.75, 3.05) is 18.0 Å². The number of aryl methyl sites for hydroxylation is 1. The van der Waals surface area contributed by atoms with Gasteiger partial charge in [0.05, 0.1) is 29.8 Å². The number of benzene rings is 2. The third-order valence-electron chi connectivity index (χ3n) is 3.48. The number of sulfonamides is 1. The van der Waals surface area contributed by atoms with E-state index in [0.29, 0.717) is 0 Å². The molecule has 0 aliphatic rings. The van der Waals surface area contributed by atoms with E-state index < -0.39 is 16.0 Å². The zero-order valence-corrected chi connectivity index (χ0v) is 14.6. The first-order valence-corrected chi connectivity index (χ1v) is 8.69. The van der Waals surface area contributed by atoms with Gasteiger partial charge in [-0.15, -0.1) is 6.42 Å². The summed E-state index contributed by atoms with van der Waals surface area (Å²) in [7, 11) is -2.83. The van der Waals surface area contributed by atoms with Gasteiger partial charge in [-0.3, -0.25) is 4.31 Å². The highest BCUT2D eigenvalue weighted by Crippen LogP contribution is 2.32. The van der Waals surface area contributed by atoms with Crippen LogP contribution in [0.15, 0.2) is 47.4 Å². The lowest BCUT2D eigenvalue weighted by Crippen LogP contribution is -2.31. The third-order valence-corrected chi connectivity index (χ3v) is 5.23. The number of aromatic hydroxyl groups is 1. The van der Waals surface area contributed by atoms with Crippen molar-refractivity contribution < 1.29 is 23.1 Å². The van der Waals surface area contributed by atoms with Crippen molar-refractivity contribution >= 4 is 21.7 Å². The molecule has 7 heteroatoms. The fourth-order valence-corrected chi connectivity index (χ4v) is 3.74. The van der Waals surface area contributed by atoms with Crippen molar-refractivity contribution in [3.63, 3.8) is 0 Å². The lowest BCUT2D eigenvalue weighted by atomic mass is 10.2. The Balaban J connectivity index is 2.62. The second-order valence-electron chi connectivity index (χ2n) is 5.23. The first-order valence-electron chi connectivity index (χ1n) is 7.25. The van der Waals surface area contributed by atoms with Gasteiger partial charge in [0.25, 0.3) is 10.0 Å². The number of ether oxygens (including phenoxy) is 1. The summed E-state index contributed by atoms with van der Waals surface area (Å²) in [4.78, 5) is 11.7. The maximum Gasteiger partial charge on any atom is 0.337 e. The van der Waals surface area contributed by atoms with E-state index in [1.54, 1.807) is 19.1 Å². The van der Waals surface area contributed by atoms with Crippen LogP contribution in [-0.4, -0.2) is 33.1 Å². The van der Waals surface area contributed by atoms with Crippen molar-refractivity contribution in [3.8, 4) is 18.1 Å². The molecule has 2 rings (SSSR count). The number of terminal acetylenes is 1. The van der Waals surface area contributed by atoms with Gasteiger partial charge in [0.1, 0.15) is 5.75 Å². The van der Waals surface area contributed by atoms with Crippen LogP contribution in [0.4, 0.5) is 5.69 Å². The molecule has 2 aromatic rings. The van der Waals surface area contributed by atoms with Gasteiger partial charge >= 0.3 is 5.97 Å². The second kappa shape index (κ2) is 7.28. The quantitative estimate of drug-likeness (QED) is 0.654. The topological polar surface area (TPSA) is 83.9 Å². The number of nitrogens with zero attached hydrogens (tertiary/aromatic N) is 1. The number of anilines is 1. The Kier molecular flexibility index (Phi) is 5.35. The number of esters is 1. The molecule has 0 saturated carbocycles. The Labute approximate surface area is 146 Å². The number of carbonyl (C=O) groups is 1. The number of rotatable bonds is 5. The number of phenolic OH excluding ortho intramolecular Hbond substituents is 1. The smallest absolute Gasteiger partial charge is 0.337 e. The van der Waals surface area contributed by atoms with Crippen LogP contribution in [0.1, 0.15) is 15.9 Å². The predicted octanol–water partition coefficient (Wildman–Crippen LogP) is 2.32. The van der Waals surface area contributed by atoms with Crippen LogP contribution in [0.2, 0.25) is 0 Å². The van der Waals surface area contributed by atoms with Crippen molar-refractivity contribution in [1.29, 1.82) is 0 Å². The Morgan fingerprint density at radius 1 is 1.28 bits per heavy atom. The highest BCUT2D eigenvalue weighted by molar-refractivity contribution is 7.92. The molecule has 25 heavy (non-hydrogen) atoms. The molecule has 0 unspecified atom stereocenters. The van der Waals surface area contributed by atoms with E-state index in [4.69, 9.17) is 6.42 Å². The average Bonchev–Trinajstić information content (AvgIpc) is 2.59. The first-order chi connectivity index (χ1) is 11.8. The monoisotopic (exact) mass is 359 g/mol. The molecule has 0 fully saturated rings. The molecule has 0 aromatic heterocycles. The maximum atomic E-state index is 13.0. The minimum atomic E-state index is -4.03. The van der Waals surface area contributed by atoms with Gasteiger partial charge in [-0.05, 0) is 42.8 Å². The van der Waals surface area contributed by atoms with Gasteiger partial charge < -0.3 is 9.84 Å². The zero-order chi connectivity index (χ0) is 18.6. The summed E-state index contributed by atoms with van der Waals surface area (Å²) in [5.74, 6) is 1.29. The van der Waals surface area contributed by atoms with Crippen LogP contribution in [0.3, 0.4) is 0 Å². The molecule has 0 aliphatic carbocycles. The summed E-state index contributed by atoms with van der Waals surface area (Å²) in [6.45, 7) is 1.45.